The first-order valence-corrected chi connectivity index (χ1v) is 9.48. The number of carbonyl (C=O) groups excluding carboxylic acids is 2. The Balaban J connectivity index is 1.79. The molecule has 0 bridgehead atoms. The summed E-state index contributed by atoms with van der Waals surface area (Å²) in [6, 6.07) is 16.6. The maximum atomic E-state index is 12.7. The molecule has 1 fully saturated rings. The van der Waals surface area contributed by atoms with Gasteiger partial charge in [-0.25, -0.2) is 4.99 Å². The zero-order valence-electron chi connectivity index (χ0n) is 16.6. The van der Waals surface area contributed by atoms with Crippen LogP contribution in [-0.2, 0) is 4.79 Å². The van der Waals surface area contributed by atoms with E-state index in [-0.39, 0.29) is 17.5 Å². The fraction of sp³-hybridized carbons (Fsp3) is 0.217. The van der Waals surface area contributed by atoms with Crippen molar-refractivity contribution in [3.63, 3.8) is 0 Å². The van der Waals surface area contributed by atoms with Crippen molar-refractivity contribution in [3.05, 3.63) is 77.1 Å². The molecule has 6 nitrogen and oxygen atoms in total. The fourth-order valence-electron chi connectivity index (χ4n) is 2.67. The smallest absolute Gasteiger partial charge is 0.276 e. The summed E-state index contributed by atoms with van der Waals surface area (Å²) in [5.74, 6) is -0.427. The molecule has 148 valence electrons. The number of nitrogens with one attached hydrogen (secondary N) is 2. The molecule has 0 radical (unpaired) electrons. The van der Waals surface area contributed by atoms with Gasteiger partial charge in [-0.1, -0.05) is 30.3 Å². The number of amides is 2. The van der Waals surface area contributed by atoms with E-state index in [1.54, 1.807) is 31.2 Å². The third-order valence-corrected chi connectivity index (χ3v) is 4.58. The molecular formula is C23H24N4O2. The Hall–Kier alpha value is -3.54. The van der Waals surface area contributed by atoms with Crippen molar-refractivity contribution < 1.29 is 9.59 Å². The van der Waals surface area contributed by atoms with E-state index < -0.39 is 0 Å². The summed E-state index contributed by atoms with van der Waals surface area (Å²) < 4.78 is 0. The predicted octanol–water partition coefficient (Wildman–Crippen LogP) is 3.96. The second-order valence-corrected chi connectivity index (χ2v) is 6.93. The third kappa shape index (κ3) is 5.48. The number of allylic oxidation sites excluding steroid dienone is 1. The van der Waals surface area contributed by atoms with Crippen molar-refractivity contribution in [2.75, 3.05) is 5.32 Å². The lowest BCUT2D eigenvalue weighted by molar-refractivity contribution is -0.112. The zero-order valence-corrected chi connectivity index (χ0v) is 16.6. The van der Waals surface area contributed by atoms with E-state index in [1.165, 1.54) is 0 Å². The van der Waals surface area contributed by atoms with E-state index in [0.29, 0.717) is 28.7 Å². The van der Waals surface area contributed by atoms with Crippen LogP contribution in [0.5, 0.6) is 0 Å². The SMILES string of the molecule is C=N/C(C)=C(\N=C(C)c1ccc(C(=O)NC2CC2)cc1)C(=O)Nc1ccccc1. The van der Waals surface area contributed by atoms with Crippen LogP contribution < -0.4 is 10.6 Å². The average Bonchev–Trinajstić information content (AvgIpc) is 3.56. The minimum atomic E-state index is -0.360. The summed E-state index contributed by atoms with van der Waals surface area (Å²) in [4.78, 5) is 33.2. The molecule has 2 aromatic carbocycles. The van der Waals surface area contributed by atoms with Gasteiger partial charge < -0.3 is 10.6 Å². The molecule has 2 N–H and O–H groups in total. The highest BCUT2D eigenvalue weighted by atomic mass is 16.2. The van der Waals surface area contributed by atoms with Gasteiger partial charge in [-0.05, 0) is 63.2 Å². The van der Waals surface area contributed by atoms with Gasteiger partial charge in [0.1, 0.15) is 5.70 Å². The largest absolute Gasteiger partial charge is 0.349 e. The van der Waals surface area contributed by atoms with E-state index in [4.69, 9.17) is 0 Å². The third-order valence-electron chi connectivity index (χ3n) is 4.58. The quantitative estimate of drug-likeness (QED) is 0.556. The second kappa shape index (κ2) is 9.10. The van der Waals surface area contributed by atoms with Crippen LogP contribution in [0.2, 0.25) is 0 Å². The number of carbonyl (C=O) groups is 2. The van der Waals surface area contributed by atoms with Crippen LogP contribution in [0.3, 0.4) is 0 Å². The van der Waals surface area contributed by atoms with Crippen molar-refractivity contribution in [1.82, 2.24) is 5.32 Å². The molecular weight excluding hydrogens is 364 g/mol. The van der Waals surface area contributed by atoms with Crippen LogP contribution in [0.15, 0.2) is 76.0 Å². The highest BCUT2D eigenvalue weighted by Gasteiger charge is 2.23. The highest BCUT2D eigenvalue weighted by molar-refractivity contribution is 6.08. The number of benzene rings is 2. The van der Waals surface area contributed by atoms with Crippen molar-refractivity contribution >= 4 is 29.9 Å². The molecule has 1 aliphatic carbocycles. The number of anilines is 1. The van der Waals surface area contributed by atoms with Gasteiger partial charge in [0.2, 0.25) is 0 Å². The van der Waals surface area contributed by atoms with E-state index in [0.717, 1.165) is 18.4 Å². The summed E-state index contributed by atoms with van der Waals surface area (Å²) in [6.07, 6.45) is 2.10. The first-order valence-electron chi connectivity index (χ1n) is 9.48. The van der Waals surface area contributed by atoms with Crippen molar-refractivity contribution in [3.8, 4) is 0 Å². The molecule has 0 aromatic heterocycles. The topological polar surface area (TPSA) is 82.9 Å². The maximum Gasteiger partial charge on any atom is 0.276 e. The van der Waals surface area contributed by atoms with E-state index in [1.807, 2.05) is 37.3 Å². The number of aliphatic imine (C=N–C) groups is 2. The van der Waals surface area contributed by atoms with Crippen molar-refractivity contribution in [2.45, 2.75) is 32.7 Å². The fourth-order valence-corrected chi connectivity index (χ4v) is 2.67. The van der Waals surface area contributed by atoms with E-state index in [9.17, 15) is 9.59 Å². The number of para-hydroxylation sites is 1. The molecule has 1 aliphatic rings. The Morgan fingerprint density at radius 2 is 1.59 bits per heavy atom. The van der Waals surface area contributed by atoms with Crippen molar-refractivity contribution in [2.24, 2.45) is 9.98 Å². The number of hydrogen-bond donors (Lipinski definition) is 2. The van der Waals surface area contributed by atoms with Crippen molar-refractivity contribution in [1.29, 1.82) is 0 Å². The van der Waals surface area contributed by atoms with Crippen LogP contribution in [0.4, 0.5) is 5.69 Å². The molecule has 2 amide bonds. The van der Waals surface area contributed by atoms with Gasteiger partial charge in [0.15, 0.2) is 0 Å². The molecule has 29 heavy (non-hydrogen) atoms. The van der Waals surface area contributed by atoms with Crippen LogP contribution in [-0.4, -0.2) is 30.3 Å². The molecule has 1 saturated carbocycles. The molecule has 2 aromatic rings. The first kappa shape index (κ1) is 20.2. The Kier molecular flexibility index (Phi) is 6.34. The van der Waals surface area contributed by atoms with Crippen LogP contribution >= 0.6 is 0 Å². The lowest BCUT2D eigenvalue weighted by Crippen LogP contribution is -2.25. The highest BCUT2D eigenvalue weighted by Crippen LogP contribution is 2.20. The Bertz CT molecular complexity index is 972. The summed E-state index contributed by atoms with van der Waals surface area (Å²) in [5, 5.41) is 5.78. The van der Waals surface area contributed by atoms with Crippen LogP contribution in [0, 0.1) is 0 Å². The molecule has 6 heteroatoms. The molecule has 3 rings (SSSR count). The minimum Gasteiger partial charge on any atom is -0.349 e. The Labute approximate surface area is 170 Å². The monoisotopic (exact) mass is 388 g/mol. The van der Waals surface area contributed by atoms with Gasteiger partial charge in [-0.2, -0.15) is 0 Å². The van der Waals surface area contributed by atoms with Crippen LogP contribution in [0.1, 0.15) is 42.6 Å². The van der Waals surface area contributed by atoms with Gasteiger partial charge in [0, 0.05) is 23.0 Å². The summed E-state index contributed by atoms with van der Waals surface area (Å²) >= 11 is 0. The van der Waals surface area contributed by atoms with Gasteiger partial charge in [-0.3, -0.25) is 14.6 Å². The number of rotatable bonds is 7. The number of hydrogen-bond acceptors (Lipinski definition) is 4. The summed E-state index contributed by atoms with van der Waals surface area (Å²) in [6.45, 7) is 7.01. The molecule has 0 aliphatic heterocycles. The zero-order chi connectivity index (χ0) is 20.8. The molecule has 0 atom stereocenters. The summed E-state index contributed by atoms with van der Waals surface area (Å²) in [7, 11) is 0. The molecule has 0 spiro atoms. The van der Waals surface area contributed by atoms with Gasteiger partial charge in [0.05, 0.1) is 5.70 Å². The minimum absolute atomic E-state index is 0.0665. The lowest BCUT2D eigenvalue weighted by atomic mass is 10.1. The van der Waals surface area contributed by atoms with Gasteiger partial charge >= 0.3 is 0 Å². The standard InChI is InChI=1S/C23H24N4O2/c1-15(17-9-11-18(12-10-17)22(28)26-20-13-14-20)25-21(16(2)24-3)23(29)27-19-7-5-4-6-8-19/h4-12,20H,3,13-14H2,1-2H3,(H,26,28)(H,27,29)/b21-16-,25-15?. The van der Waals surface area contributed by atoms with E-state index in [2.05, 4.69) is 27.3 Å². The van der Waals surface area contributed by atoms with Gasteiger partial charge in [-0.15, -0.1) is 0 Å². The molecule has 0 saturated heterocycles. The molecule has 0 unspecified atom stereocenters. The normalized spacial score (nSPS) is 14.6. The second-order valence-electron chi connectivity index (χ2n) is 6.93. The summed E-state index contributed by atoms with van der Waals surface area (Å²) in [5.41, 5.74) is 3.35. The maximum absolute atomic E-state index is 12.7. The number of nitrogens with zero attached hydrogens (tertiary/aromatic N) is 2. The Morgan fingerprint density at radius 3 is 2.17 bits per heavy atom. The predicted molar refractivity (Wildman–Crippen MR) is 116 cm³/mol. The molecule has 0 heterocycles. The van der Waals surface area contributed by atoms with Crippen LogP contribution in [0.25, 0.3) is 0 Å². The first-order chi connectivity index (χ1) is 14.0. The van der Waals surface area contributed by atoms with E-state index >= 15 is 0 Å². The lowest BCUT2D eigenvalue weighted by Gasteiger charge is -2.09. The van der Waals surface area contributed by atoms with Gasteiger partial charge in [0.25, 0.3) is 11.8 Å². The Morgan fingerprint density at radius 1 is 0.966 bits per heavy atom. The average molecular weight is 388 g/mol.